The minimum Gasteiger partial charge on any atom is -0.298 e. The highest BCUT2D eigenvalue weighted by Gasteiger charge is 2.29. The number of carbonyl (C=O) groups is 1. The zero-order valence-electron chi connectivity index (χ0n) is 10.8. The zero-order valence-corrected chi connectivity index (χ0v) is 10.8. The van der Waals surface area contributed by atoms with E-state index in [9.17, 15) is 4.79 Å². The lowest BCUT2D eigenvalue weighted by Gasteiger charge is -2.18. The van der Waals surface area contributed by atoms with Crippen molar-refractivity contribution in [1.82, 2.24) is 4.90 Å². The minimum absolute atomic E-state index is 0.328. The molecule has 1 aliphatic rings. The van der Waals surface area contributed by atoms with Crippen molar-refractivity contribution >= 4 is 5.78 Å². The largest absolute Gasteiger partial charge is 0.298 e. The van der Waals surface area contributed by atoms with Crippen LogP contribution in [0.2, 0.25) is 0 Å². The van der Waals surface area contributed by atoms with Crippen LogP contribution in [0.1, 0.15) is 25.8 Å². The molecule has 0 unspecified atom stereocenters. The van der Waals surface area contributed by atoms with Gasteiger partial charge in [0.2, 0.25) is 0 Å². The molecule has 0 saturated carbocycles. The van der Waals surface area contributed by atoms with E-state index in [-0.39, 0.29) is 0 Å². The summed E-state index contributed by atoms with van der Waals surface area (Å²) in [6.45, 7) is 7.27. The number of likely N-dealkylation sites (tertiary alicyclic amines) is 1. The van der Waals surface area contributed by atoms with Gasteiger partial charge in [-0.25, -0.2) is 0 Å². The first-order chi connectivity index (χ1) is 8.05. The molecule has 0 atom stereocenters. The molecule has 0 aliphatic carbocycles. The van der Waals surface area contributed by atoms with Gasteiger partial charge < -0.3 is 0 Å². The van der Waals surface area contributed by atoms with Crippen LogP contribution in [-0.2, 0) is 11.2 Å². The second kappa shape index (κ2) is 5.01. The highest BCUT2D eigenvalue weighted by molar-refractivity contribution is 5.82. The molecule has 1 fully saturated rings. The van der Waals surface area contributed by atoms with Crippen molar-refractivity contribution in [2.75, 3.05) is 19.6 Å². The van der Waals surface area contributed by atoms with Crippen molar-refractivity contribution in [2.24, 2.45) is 5.41 Å². The van der Waals surface area contributed by atoms with Crippen molar-refractivity contribution in [2.45, 2.75) is 26.7 Å². The van der Waals surface area contributed by atoms with Crippen LogP contribution in [0.5, 0.6) is 0 Å². The number of ketones is 1. The first kappa shape index (κ1) is 12.3. The third-order valence-electron chi connectivity index (χ3n) is 3.40. The zero-order chi connectivity index (χ0) is 12.3. The molecular weight excluding hydrogens is 210 g/mol. The Hall–Kier alpha value is -1.15. The van der Waals surface area contributed by atoms with Crippen molar-refractivity contribution in [3.05, 3.63) is 35.9 Å². The maximum atomic E-state index is 11.9. The third kappa shape index (κ3) is 3.67. The van der Waals surface area contributed by atoms with E-state index in [4.69, 9.17) is 0 Å². The van der Waals surface area contributed by atoms with Gasteiger partial charge in [-0.2, -0.15) is 0 Å². The van der Waals surface area contributed by atoms with Crippen LogP contribution in [0.25, 0.3) is 0 Å². The molecule has 92 valence electrons. The average Bonchev–Trinajstić information content (AvgIpc) is 2.59. The topological polar surface area (TPSA) is 20.3 Å². The van der Waals surface area contributed by atoms with Crippen LogP contribution in [0.4, 0.5) is 0 Å². The van der Waals surface area contributed by atoms with Gasteiger partial charge in [0.05, 0.1) is 6.54 Å². The number of Topliss-reactive ketones (excluding diaryl/α,β-unsaturated/α-hetero) is 1. The summed E-state index contributed by atoms with van der Waals surface area (Å²) in [5.74, 6) is 0.328. The van der Waals surface area contributed by atoms with E-state index in [0.717, 1.165) is 18.7 Å². The fourth-order valence-corrected chi connectivity index (χ4v) is 2.49. The van der Waals surface area contributed by atoms with E-state index in [2.05, 4.69) is 18.7 Å². The number of rotatable bonds is 4. The van der Waals surface area contributed by atoms with Gasteiger partial charge in [0, 0.05) is 13.0 Å². The Balaban J connectivity index is 1.83. The summed E-state index contributed by atoms with van der Waals surface area (Å²) in [6.07, 6.45) is 1.77. The molecule has 0 spiro atoms. The second-order valence-electron chi connectivity index (χ2n) is 5.83. The van der Waals surface area contributed by atoms with Gasteiger partial charge in [-0.15, -0.1) is 0 Å². The lowest BCUT2D eigenvalue weighted by atomic mass is 9.93. The normalized spacial score (nSPS) is 19.4. The van der Waals surface area contributed by atoms with E-state index in [1.54, 1.807) is 0 Å². The average molecular weight is 231 g/mol. The molecule has 2 nitrogen and oxygen atoms in total. The molecule has 2 rings (SSSR count). The van der Waals surface area contributed by atoms with Gasteiger partial charge in [-0.1, -0.05) is 44.2 Å². The molecule has 0 amide bonds. The van der Waals surface area contributed by atoms with Crippen molar-refractivity contribution in [1.29, 1.82) is 0 Å². The van der Waals surface area contributed by atoms with E-state index >= 15 is 0 Å². The fourth-order valence-electron chi connectivity index (χ4n) is 2.49. The standard InChI is InChI=1S/C15H21NO/c1-15(2)8-9-16(12-15)11-14(17)10-13-6-4-3-5-7-13/h3-7H,8-12H2,1-2H3. The molecule has 2 heteroatoms. The summed E-state index contributed by atoms with van der Waals surface area (Å²) >= 11 is 0. The van der Waals surface area contributed by atoms with E-state index in [1.807, 2.05) is 30.3 Å². The highest BCUT2D eigenvalue weighted by Crippen LogP contribution is 2.28. The van der Waals surface area contributed by atoms with Crippen LogP contribution >= 0.6 is 0 Å². The summed E-state index contributed by atoms with van der Waals surface area (Å²) in [6, 6.07) is 10.00. The number of nitrogens with zero attached hydrogens (tertiary/aromatic N) is 1. The van der Waals surface area contributed by atoms with Gasteiger partial charge >= 0.3 is 0 Å². The predicted molar refractivity (Wildman–Crippen MR) is 70.0 cm³/mol. The number of carbonyl (C=O) groups excluding carboxylic acids is 1. The Kier molecular flexibility index (Phi) is 3.63. The highest BCUT2D eigenvalue weighted by atomic mass is 16.1. The Labute approximate surface area is 104 Å². The van der Waals surface area contributed by atoms with E-state index in [0.29, 0.717) is 24.2 Å². The molecule has 1 saturated heterocycles. The maximum absolute atomic E-state index is 11.9. The smallest absolute Gasteiger partial charge is 0.151 e. The van der Waals surface area contributed by atoms with E-state index < -0.39 is 0 Å². The summed E-state index contributed by atoms with van der Waals surface area (Å²) < 4.78 is 0. The van der Waals surface area contributed by atoms with Crippen LogP contribution in [0.3, 0.4) is 0 Å². The van der Waals surface area contributed by atoms with Crippen molar-refractivity contribution < 1.29 is 4.79 Å². The number of benzene rings is 1. The minimum atomic E-state index is 0.328. The predicted octanol–water partition coefficient (Wildman–Crippen LogP) is 2.53. The molecule has 0 N–H and O–H groups in total. The fraction of sp³-hybridized carbons (Fsp3) is 0.533. The molecule has 0 bridgehead atoms. The summed E-state index contributed by atoms with van der Waals surface area (Å²) in [5, 5.41) is 0. The molecular formula is C15H21NO. The van der Waals surface area contributed by atoms with Gasteiger partial charge in [0.15, 0.2) is 5.78 Å². The maximum Gasteiger partial charge on any atom is 0.151 e. The monoisotopic (exact) mass is 231 g/mol. The molecule has 1 aromatic rings. The Bertz CT molecular complexity index is 383. The van der Waals surface area contributed by atoms with Gasteiger partial charge in [-0.05, 0) is 23.9 Å². The Morgan fingerprint density at radius 2 is 2.00 bits per heavy atom. The summed E-state index contributed by atoms with van der Waals surface area (Å²) in [5.41, 5.74) is 1.50. The molecule has 1 heterocycles. The quantitative estimate of drug-likeness (QED) is 0.793. The Morgan fingerprint density at radius 1 is 1.29 bits per heavy atom. The van der Waals surface area contributed by atoms with Crippen LogP contribution in [0.15, 0.2) is 30.3 Å². The number of hydrogen-bond acceptors (Lipinski definition) is 2. The van der Waals surface area contributed by atoms with Crippen LogP contribution < -0.4 is 0 Å². The molecule has 17 heavy (non-hydrogen) atoms. The summed E-state index contributed by atoms with van der Waals surface area (Å²) in [4.78, 5) is 14.2. The first-order valence-electron chi connectivity index (χ1n) is 6.33. The first-order valence-corrected chi connectivity index (χ1v) is 6.33. The Morgan fingerprint density at radius 3 is 2.59 bits per heavy atom. The van der Waals surface area contributed by atoms with Gasteiger partial charge in [0.25, 0.3) is 0 Å². The van der Waals surface area contributed by atoms with Crippen molar-refractivity contribution in [3.8, 4) is 0 Å². The summed E-state index contributed by atoms with van der Waals surface area (Å²) in [7, 11) is 0. The second-order valence-corrected chi connectivity index (χ2v) is 5.83. The van der Waals surface area contributed by atoms with Gasteiger partial charge in [0.1, 0.15) is 0 Å². The number of hydrogen-bond donors (Lipinski definition) is 0. The van der Waals surface area contributed by atoms with Crippen LogP contribution in [-0.4, -0.2) is 30.3 Å². The molecule has 0 radical (unpaired) electrons. The van der Waals surface area contributed by atoms with Crippen molar-refractivity contribution in [3.63, 3.8) is 0 Å². The molecule has 0 aromatic heterocycles. The van der Waals surface area contributed by atoms with Crippen LogP contribution in [0, 0.1) is 5.41 Å². The van der Waals surface area contributed by atoms with E-state index in [1.165, 1.54) is 6.42 Å². The van der Waals surface area contributed by atoms with Gasteiger partial charge in [-0.3, -0.25) is 9.69 Å². The third-order valence-corrected chi connectivity index (χ3v) is 3.40. The SMILES string of the molecule is CC1(C)CCN(CC(=O)Cc2ccccc2)C1. The molecule has 1 aromatic carbocycles. The lowest BCUT2D eigenvalue weighted by molar-refractivity contribution is -0.119. The lowest BCUT2D eigenvalue weighted by Crippen LogP contribution is -2.30. The molecule has 1 aliphatic heterocycles.